The zero-order valence-corrected chi connectivity index (χ0v) is 14.6. The van der Waals surface area contributed by atoms with Crippen molar-refractivity contribution in [2.24, 2.45) is 0 Å². The number of carbonyl (C=O) groups is 1. The second kappa shape index (κ2) is 7.30. The van der Waals surface area contributed by atoms with Crippen molar-refractivity contribution in [1.29, 1.82) is 0 Å². The van der Waals surface area contributed by atoms with E-state index >= 15 is 0 Å². The molecule has 1 N–H and O–H groups in total. The summed E-state index contributed by atoms with van der Waals surface area (Å²) in [5.74, 6) is -0.821. The molecule has 7 nitrogen and oxygen atoms in total. The Morgan fingerprint density at radius 1 is 1.31 bits per heavy atom. The van der Waals surface area contributed by atoms with Crippen LogP contribution in [0.25, 0.3) is 0 Å². The number of hydrogen-bond donors (Lipinski definition) is 1. The lowest BCUT2D eigenvalue weighted by Crippen LogP contribution is -2.16. The van der Waals surface area contributed by atoms with Gasteiger partial charge in [-0.15, -0.1) is 0 Å². The monoisotopic (exact) mass is 381 g/mol. The van der Waals surface area contributed by atoms with Crippen LogP contribution in [0.3, 0.4) is 0 Å². The molecule has 1 aliphatic rings. The number of halogens is 1. The molecule has 1 aliphatic heterocycles. The maximum Gasteiger partial charge on any atom is 0.340 e. The molecule has 3 rings (SSSR count). The fraction of sp³-hybridized carbons (Fsp3) is 0.235. The number of hydrogen-bond acceptors (Lipinski definition) is 6. The predicted molar refractivity (Wildman–Crippen MR) is 90.7 cm³/mol. The van der Waals surface area contributed by atoms with Crippen LogP contribution in [0.1, 0.15) is 21.5 Å². The average molecular weight is 381 g/mol. The number of ether oxygens (including phenoxy) is 3. The largest absolute Gasteiger partial charge is 0.467 e. The predicted octanol–water partition coefficient (Wildman–Crippen LogP) is 2.42. The third kappa shape index (κ3) is 4.30. The molecule has 0 aromatic heterocycles. The van der Waals surface area contributed by atoms with E-state index in [0.29, 0.717) is 16.9 Å². The second-order valence-corrected chi connectivity index (χ2v) is 7.41. The Balaban J connectivity index is 1.79. The lowest BCUT2D eigenvalue weighted by atomic mass is 10.1. The maximum atomic E-state index is 13.7. The molecular weight excluding hydrogens is 365 g/mol. The highest BCUT2D eigenvalue weighted by Gasteiger charge is 2.20. The van der Waals surface area contributed by atoms with Crippen LogP contribution in [0.2, 0.25) is 0 Å². The molecule has 9 heteroatoms. The molecule has 0 saturated carbocycles. The summed E-state index contributed by atoms with van der Waals surface area (Å²) in [5, 5.41) is 0. The number of esters is 1. The molecule has 0 unspecified atom stereocenters. The van der Waals surface area contributed by atoms with Gasteiger partial charge < -0.3 is 14.2 Å². The van der Waals surface area contributed by atoms with E-state index in [9.17, 15) is 17.6 Å². The molecule has 1 heterocycles. The number of fused-ring (bicyclic) bond motifs is 1. The summed E-state index contributed by atoms with van der Waals surface area (Å²) in [4.78, 5) is 12.4. The van der Waals surface area contributed by atoms with Gasteiger partial charge in [0, 0.05) is 11.1 Å². The molecule has 0 fully saturated rings. The highest BCUT2D eigenvalue weighted by atomic mass is 32.2. The number of anilines is 1. The second-order valence-electron chi connectivity index (χ2n) is 5.66. The summed E-state index contributed by atoms with van der Waals surface area (Å²) in [6, 6.07) is 8.56. The van der Waals surface area contributed by atoms with Gasteiger partial charge in [0.2, 0.25) is 10.0 Å². The Bertz CT molecular complexity index is 944. The number of nitrogens with one attached hydrogen (secondary N) is 1. The SMILES string of the molecule is CS(=O)(=O)Nc1ccccc1C(=O)OCc1cc(F)cc2c1OCOC2. The molecule has 0 amide bonds. The first-order valence-electron chi connectivity index (χ1n) is 7.59. The van der Waals surface area contributed by atoms with Crippen molar-refractivity contribution >= 4 is 21.7 Å². The van der Waals surface area contributed by atoms with Gasteiger partial charge >= 0.3 is 5.97 Å². The Labute approximate surface area is 149 Å². The van der Waals surface area contributed by atoms with E-state index in [1.807, 2.05) is 0 Å². The van der Waals surface area contributed by atoms with E-state index in [2.05, 4.69) is 4.72 Å². The molecule has 0 aliphatic carbocycles. The molecule has 0 bridgehead atoms. The summed E-state index contributed by atoms with van der Waals surface area (Å²) >= 11 is 0. The highest BCUT2D eigenvalue weighted by molar-refractivity contribution is 7.92. The Morgan fingerprint density at radius 2 is 2.08 bits per heavy atom. The molecule has 0 atom stereocenters. The lowest BCUT2D eigenvalue weighted by Gasteiger charge is -2.20. The number of rotatable bonds is 5. The third-order valence-corrected chi connectivity index (χ3v) is 4.14. The first-order chi connectivity index (χ1) is 12.3. The fourth-order valence-electron chi connectivity index (χ4n) is 2.53. The van der Waals surface area contributed by atoms with Gasteiger partial charge in [0.05, 0.1) is 24.1 Å². The topological polar surface area (TPSA) is 90.9 Å². The lowest BCUT2D eigenvalue weighted by molar-refractivity contribution is -0.0182. The van der Waals surface area contributed by atoms with E-state index in [-0.39, 0.29) is 31.3 Å². The Hall–Kier alpha value is -2.65. The molecule has 0 spiro atoms. The average Bonchev–Trinajstić information content (AvgIpc) is 2.58. The summed E-state index contributed by atoms with van der Waals surface area (Å²) in [6.45, 7) is 0.00196. The van der Waals surface area contributed by atoms with E-state index in [0.717, 1.165) is 6.26 Å². The van der Waals surface area contributed by atoms with E-state index in [1.165, 1.54) is 24.3 Å². The first kappa shape index (κ1) is 18.2. The molecule has 138 valence electrons. The maximum absolute atomic E-state index is 13.7. The van der Waals surface area contributed by atoms with Crippen molar-refractivity contribution in [3.8, 4) is 5.75 Å². The van der Waals surface area contributed by atoms with Gasteiger partial charge in [-0.1, -0.05) is 12.1 Å². The third-order valence-electron chi connectivity index (χ3n) is 3.55. The van der Waals surface area contributed by atoms with Crippen molar-refractivity contribution in [3.63, 3.8) is 0 Å². The van der Waals surface area contributed by atoms with E-state index in [1.54, 1.807) is 12.1 Å². The highest BCUT2D eigenvalue weighted by Crippen LogP contribution is 2.30. The molecule has 2 aromatic rings. The van der Waals surface area contributed by atoms with Crippen molar-refractivity contribution in [2.45, 2.75) is 13.2 Å². The van der Waals surface area contributed by atoms with Gasteiger partial charge in [-0.2, -0.15) is 0 Å². The van der Waals surface area contributed by atoms with Crippen LogP contribution in [0.5, 0.6) is 5.75 Å². The van der Waals surface area contributed by atoms with Gasteiger partial charge in [0.15, 0.2) is 6.79 Å². The van der Waals surface area contributed by atoms with Crippen LogP contribution < -0.4 is 9.46 Å². The minimum absolute atomic E-state index is 0.0285. The van der Waals surface area contributed by atoms with E-state index in [4.69, 9.17) is 14.2 Å². The summed E-state index contributed by atoms with van der Waals surface area (Å²) in [5.41, 5.74) is 1.05. The molecule has 26 heavy (non-hydrogen) atoms. The zero-order valence-electron chi connectivity index (χ0n) is 13.8. The molecule has 0 saturated heterocycles. The summed E-state index contributed by atoms with van der Waals surface area (Å²) < 4.78 is 54.5. The Kier molecular flexibility index (Phi) is 5.10. The van der Waals surface area contributed by atoms with Gasteiger partial charge in [0.25, 0.3) is 0 Å². The fourth-order valence-corrected chi connectivity index (χ4v) is 3.11. The van der Waals surface area contributed by atoms with Crippen molar-refractivity contribution in [1.82, 2.24) is 0 Å². The van der Waals surface area contributed by atoms with Crippen molar-refractivity contribution in [3.05, 3.63) is 58.9 Å². The van der Waals surface area contributed by atoms with Crippen LogP contribution in [0, 0.1) is 5.82 Å². The molecule has 0 radical (unpaired) electrons. The smallest absolute Gasteiger partial charge is 0.340 e. The van der Waals surface area contributed by atoms with Crippen LogP contribution in [0.4, 0.5) is 10.1 Å². The van der Waals surface area contributed by atoms with E-state index < -0.39 is 21.8 Å². The Morgan fingerprint density at radius 3 is 2.85 bits per heavy atom. The standard InChI is InChI=1S/C17H16FNO6S/c1-26(21,22)19-15-5-3-2-4-14(15)17(20)24-9-12-7-13(18)6-11-8-23-10-25-16(11)12/h2-7,19H,8-10H2,1H3. The summed E-state index contributed by atoms with van der Waals surface area (Å²) in [6.07, 6.45) is 0.980. The number of sulfonamides is 1. The van der Waals surface area contributed by atoms with Gasteiger partial charge in [0.1, 0.15) is 18.2 Å². The molecular formula is C17H16FNO6S. The quantitative estimate of drug-likeness (QED) is 0.800. The van der Waals surface area contributed by atoms with Crippen molar-refractivity contribution in [2.75, 3.05) is 17.8 Å². The minimum atomic E-state index is -3.56. The van der Waals surface area contributed by atoms with Crippen molar-refractivity contribution < 1.29 is 31.8 Å². The minimum Gasteiger partial charge on any atom is -0.467 e. The molecule has 2 aromatic carbocycles. The van der Waals surface area contributed by atoms with Gasteiger partial charge in [-0.3, -0.25) is 4.72 Å². The number of benzene rings is 2. The first-order valence-corrected chi connectivity index (χ1v) is 9.48. The summed E-state index contributed by atoms with van der Waals surface area (Å²) in [7, 11) is -3.56. The van der Waals surface area contributed by atoms with Crippen LogP contribution in [-0.2, 0) is 32.7 Å². The number of carbonyl (C=O) groups excluding carboxylic acids is 1. The van der Waals surface area contributed by atoms with Gasteiger partial charge in [-0.05, 0) is 24.3 Å². The van der Waals surface area contributed by atoms with Crippen LogP contribution in [-0.4, -0.2) is 27.4 Å². The number of para-hydroxylation sites is 1. The van der Waals surface area contributed by atoms with Crippen LogP contribution >= 0.6 is 0 Å². The van der Waals surface area contributed by atoms with Gasteiger partial charge in [-0.25, -0.2) is 17.6 Å². The normalized spacial score (nSPS) is 13.5. The zero-order chi connectivity index (χ0) is 18.7. The van der Waals surface area contributed by atoms with Crippen LogP contribution in [0.15, 0.2) is 36.4 Å².